The van der Waals surface area contributed by atoms with Crippen molar-refractivity contribution in [2.75, 3.05) is 13.7 Å². The van der Waals surface area contributed by atoms with Crippen LogP contribution in [0.15, 0.2) is 69.9 Å². The predicted octanol–water partition coefficient (Wildman–Crippen LogP) is 6.77. The number of hydrogen-bond donors (Lipinski definition) is 0. The number of carbonyl (C=O) groups excluding carboxylic acids is 2. The first-order valence-electron chi connectivity index (χ1n) is 13.9. The number of carbonyl (C=O) groups is 2. The van der Waals surface area contributed by atoms with Crippen LogP contribution in [0.1, 0.15) is 71.8 Å². The van der Waals surface area contributed by atoms with Crippen molar-refractivity contribution in [3.8, 4) is 11.5 Å². The highest BCUT2D eigenvalue weighted by molar-refractivity contribution is 14.1. The molecule has 9 heteroatoms. The Labute approximate surface area is 256 Å². The summed E-state index contributed by atoms with van der Waals surface area (Å²) in [5.74, 6) is -0.140. The van der Waals surface area contributed by atoms with Crippen LogP contribution in [-0.2, 0) is 19.7 Å². The van der Waals surface area contributed by atoms with Crippen molar-refractivity contribution in [3.63, 3.8) is 0 Å². The third-order valence-corrected chi connectivity index (χ3v) is 10.1. The largest absolute Gasteiger partial charge is 0.490 e. The van der Waals surface area contributed by atoms with E-state index in [1.807, 2.05) is 42.6 Å². The monoisotopic (exact) mass is 689 g/mol. The van der Waals surface area contributed by atoms with Crippen molar-refractivity contribution in [1.29, 1.82) is 0 Å². The van der Waals surface area contributed by atoms with E-state index in [9.17, 15) is 18.0 Å². The summed E-state index contributed by atoms with van der Waals surface area (Å²) in [5.41, 5.74) is 3.55. The van der Waals surface area contributed by atoms with E-state index in [0.29, 0.717) is 27.6 Å². The summed E-state index contributed by atoms with van der Waals surface area (Å²) in [6.07, 6.45) is 2.23. The second-order valence-electron chi connectivity index (χ2n) is 12.7. The molecule has 0 spiro atoms. The van der Waals surface area contributed by atoms with E-state index >= 15 is 0 Å². The van der Waals surface area contributed by atoms with Gasteiger partial charge in [0, 0.05) is 48.3 Å². The molecule has 1 heterocycles. The fraction of sp³-hybridized carbons (Fsp3) is 0.438. The second kappa shape index (κ2) is 10.6. The van der Waals surface area contributed by atoms with Crippen molar-refractivity contribution in [1.82, 2.24) is 4.90 Å². The van der Waals surface area contributed by atoms with Gasteiger partial charge in [-0.1, -0.05) is 45.9 Å². The lowest BCUT2D eigenvalue weighted by Crippen LogP contribution is -2.43. The van der Waals surface area contributed by atoms with Crippen LogP contribution >= 0.6 is 22.6 Å². The zero-order valence-corrected chi connectivity index (χ0v) is 27.3. The summed E-state index contributed by atoms with van der Waals surface area (Å²) >= 11 is 2.05. The molecule has 0 saturated heterocycles. The number of benzene rings is 2. The molecule has 1 aliphatic heterocycles. The first kappa shape index (κ1) is 29.8. The molecule has 0 bridgehead atoms. The number of rotatable bonds is 6. The van der Waals surface area contributed by atoms with E-state index in [-0.39, 0.29) is 45.4 Å². The molecule has 0 N–H and O–H groups in total. The molecular formula is C32H36INO6S. The average molecular weight is 690 g/mol. The van der Waals surface area contributed by atoms with E-state index in [1.165, 1.54) is 12.1 Å². The van der Waals surface area contributed by atoms with E-state index < -0.39 is 16.0 Å². The van der Waals surface area contributed by atoms with Crippen LogP contribution < -0.4 is 8.92 Å². The molecule has 0 saturated carbocycles. The minimum absolute atomic E-state index is 0.0353. The molecule has 0 atom stereocenters. The summed E-state index contributed by atoms with van der Waals surface area (Å²) in [6, 6.07) is 11.5. The number of allylic oxidation sites excluding steroid dienone is 4. The maximum absolute atomic E-state index is 13.8. The SMILES string of the molecule is CCOc1cc(C2C3=C(CC(C)(C)CC3=O)N(C)C3=C2C(=O)CC(C)(C)C3)cc(I)c1OS(=O)(=O)c1ccccc1. The quantitative estimate of drug-likeness (QED) is 0.244. The summed E-state index contributed by atoms with van der Waals surface area (Å²) in [5, 5.41) is 0. The Bertz CT molecular complexity index is 1550. The molecule has 3 aliphatic rings. The van der Waals surface area contributed by atoms with E-state index in [2.05, 4.69) is 32.6 Å². The lowest BCUT2D eigenvalue weighted by molar-refractivity contribution is -0.119. The lowest BCUT2D eigenvalue weighted by Gasteiger charge is -2.48. The number of ketones is 2. The molecule has 41 heavy (non-hydrogen) atoms. The number of hydrogen-bond acceptors (Lipinski definition) is 7. The minimum atomic E-state index is -4.12. The Morgan fingerprint density at radius 1 is 0.902 bits per heavy atom. The third kappa shape index (κ3) is 5.59. The van der Waals surface area contributed by atoms with Gasteiger partial charge in [-0.05, 0) is 83.0 Å². The highest BCUT2D eigenvalue weighted by Crippen LogP contribution is 2.54. The van der Waals surface area contributed by atoms with Crippen molar-refractivity contribution in [3.05, 3.63) is 74.1 Å². The Morgan fingerprint density at radius 2 is 1.44 bits per heavy atom. The molecule has 0 radical (unpaired) electrons. The first-order valence-corrected chi connectivity index (χ1v) is 16.3. The van der Waals surface area contributed by atoms with Crippen LogP contribution in [0.25, 0.3) is 0 Å². The molecule has 0 fully saturated rings. The minimum Gasteiger partial charge on any atom is -0.490 e. The number of ether oxygens (including phenoxy) is 1. The number of nitrogens with zero attached hydrogens (tertiary/aromatic N) is 1. The summed E-state index contributed by atoms with van der Waals surface area (Å²) in [6.45, 7) is 10.5. The Morgan fingerprint density at radius 3 is 1.95 bits per heavy atom. The molecule has 0 amide bonds. The number of Topliss-reactive ketones (excluding diaryl/α,β-unsaturated/α-hetero) is 2. The predicted molar refractivity (Wildman–Crippen MR) is 165 cm³/mol. The molecular weight excluding hydrogens is 653 g/mol. The lowest BCUT2D eigenvalue weighted by atomic mass is 9.64. The van der Waals surface area contributed by atoms with E-state index in [1.54, 1.807) is 24.3 Å². The van der Waals surface area contributed by atoms with Gasteiger partial charge < -0.3 is 13.8 Å². The van der Waals surface area contributed by atoms with Gasteiger partial charge in [-0.25, -0.2) is 0 Å². The molecule has 2 aliphatic carbocycles. The van der Waals surface area contributed by atoms with E-state index in [0.717, 1.165) is 29.8 Å². The molecule has 7 nitrogen and oxygen atoms in total. The van der Waals surface area contributed by atoms with Gasteiger partial charge in [-0.15, -0.1) is 0 Å². The van der Waals surface area contributed by atoms with Crippen LogP contribution in [0.2, 0.25) is 0 Å². The van der Waals surface area contributed by atoms with Gasteiger partial charge in [-0.3, -0.25) is 9.59 Å². The summed E-state index contributed by atoms with van der Waals surface area (Å²) in [4.78, 5) is 29.8. The van der Waals surface area contributed by atoms with Gasteiger partial charge in [0.15, 0.2) is 23.1 Å². The third-order valence-electron chi connectivity index (χ3n) is 8.07. The molecule has 0 aromatic heterocycles. The molecule has 0 unspecified atom stereocenters. The highest BCUT2D eigenvalue weighted by atomic mass is 127. The van der Waals surface area contributed by atoms with Gasteiger partial charge in [0.05, 0.1) is 10.2 Å². The van der Waals surface area contributed by atoms with Gasteiger partial charge in [0.2, 0.25) is 0 Å². The second-order valence-corrected chi connectivity index (χ2v) is 15.4. The Kier molecular flexibility index (Phi) is 7.68. The molecule has 218 valence electrons. The maximum atomic E-state index is 13.8. The highest BCUT2D eigenvalue weighted by Gasteiger charge is 2.48. The summed E-state index contributed by atoms with van der Waals surface area (Å²) < 4.78 is 38.3. The Balaban J connectivity index is 1.70. The fourth-order valence-corrected chi connectivity index (χ4v) is 8.20. The summed E-state index contributed by atoms with van der Waals surface area (Å²) in [7, 11) is -2.14. The van der Waals surface area contributed by atoms with Crippen LogP contribution in [0.5, 0.6) is 11.5 Å². The van der Waals surface area contributed by atoms with Gasteiger partial charge >= 0.3 is 10.1 Å². The average Bonchev–Trinajstić information content (AvgIpc) is 2.86. The van der Waals surface area contributed by atoms with Crippen molar-refractivity contribution in [2.24, 2.45) is 10.8 Å². The van der Waals surface area contributed by atoms with Crippen molar-refractivity contribution >= 4 is 44.3 Å². The smallest absolute Gasteiger partial charge is 0.339 e. The topological polar surface area (TPSA) is 90.0 Å². The van der Waals surface area contributed by atoms with Crippen LogP contribution in [0.3, 0.4) is 0 Å². The molecule has 2 aromatic rings. The first-order chi connectivity index (χ1) is 19.1. The molecule has 5 rings (SSSR count). The zero-order valence-electron chi connectivity index (χ0n) is 24.3. The van der Waals surface area contributed by atoms with Crippen molar-refractivity contribution < 1.29 is 26.9 Å². The fourth-order valence-electron chi connectivity index (χ4n) is 6.34. The van der Waals surface area contributed by atoms with Crippen LogP contribution in [0.4, 0.5) is 0 Å². The van der Waals surface area contributed by atoms with Gasteiger partial charge in [0.1, 0.15) is 4.90 Å². The van der Waals surface area contributed by atoms with Crippen LogP contribution in [-0.4, -0.2) is 38.5 Å². The molecule has 2 aromatic carbocycles. The standard InChI is InChI=1S/C32H36INO6S/c1-7-39-26-14-19(13-21(33)30(26)40-41(37,38)20-11-9-8-10-12-20)27-28-22(15-31(2,3)17-24(28)35)34(6)23-16-32(4,5)18-25(36)29(23)27/h8-14,27H,7,15-18H2,1-6H3. The Hall–Kier alpha value is -2.66. The van der Waals surface area contributed by atoms with Crippen molar-refractivity contribution in [2.45, 2.75) is 71.1 Å². The normalized spacial score (nSPS) is 20.6. The number of halogens is 1. The maximum Gasteiger partial charge on any atom is 0.339 e. The van der Waals surface area contributed by atoms with E-state index in [4.69, 9.17) is 8.92 Å². The van der Waals surface area contributed by atoms with Gasteiger partial charge in [0.25, 0.3) is 0 Å². The van der Waals surface area contributed by atoms with Crippen LogP contribution in [0, 0.1) is 14.4 Å². The zero-order chi connectivity index (χ0) is 29.9. The van der Waals surface area contributed by atoms with Gasteiger partial charge in [-0.2, -0.15) is 8.42 Å².